The molecule has 10 heteroatoms. The fourth-order valence-corrected chi connectivity index (χ4v) is 1.15. The number of primary amides is 1. The van der Waals surface area contributed by atoms with Gasteiger partial charge in [-0.2, -0.15) is 0 Å². The summed E-state index contributed by atoms with van der Waals surface area (Å²) in [4.78, 5) is 32.2. The van der Waals surface area contributed by atoms with Crippen LogP contribution in [-0.2, 0) is 11.3 Å². The van der Waals surface area contributed by atoms with Gasteiger partial charge in [0.05, 0.1) is 12.7 Å². The standard InChI is InChI=1S/C9H14N6O4/c10-7(16)1-2-11-9(19)12-3-4-15-5-6(8(17)18)13-14-15/h5H,1-4H2,(H2,10,16)(H,17,18)(H2,11,12,19). The van der Waals surface area contributed by atoms with Crippen LogP contribution in [0, 0.1) is 0 Å². The van der Waals surface area contributed by atoms with Gasteiger partial charge in [-0.05, 0) is 0 Å². The largest absolute Gasteiger partial charge is 0.476 e. The number of carbonyl (C=O) groups is 3. The molecule has 0 saturated heterocycles. The third-order valence-electron chi connectivity index (χ3n) is 2.04. The summed E-state index contributed by atoms with van der Waals surface area (Å²) in [7, 11) is 0. The van der Waals surface area contributed by atoms with Crippen molar-refractivity contribution in [3.63, 3.8) is 0 Å². The van der Waals surface area contributed by atoms with Crippen molar-refractivity contribution >= 4 is 17.9 Å². The molecule has 0 bridgehead atoms. The van der Waals surface area contributed by atoms with E-state index in [9.17, 15) is 14.4 Å². The number of amides is 3. The third kappa shape index (κ3) is 5.48. The van der Waals surface area contributed by atoms with Gasteiger partial charge >= 0.3 is 12.0 Å². The average Bonchev–Trinajstić information content (AvgIpc) is 2.77. The van der Waals surface area contributed by atoms with Crippen LogP contribution in [-0.4, -0.2) is 51.1 Å². The van der Waals surface area contributed by atoms with Gasteiger partial charge in [0.15, 0.2) is 5.69 Å². The van der Waals surface area contributed by atoms with E-state index in [1.165, 1.54) is 10.9 Å². The minimum absolute atomic E-state index is 0.0679. The molecule has 1 aromatic heterocycles. The first-order chi connectivity index (χ1) is 8.99. The summed E-state index contributed by atoms with van der Waals surface area (Å²) >= 11 is 0. The van der Waals surface area contributed by atoms with Crippen LogP contribution in [0.2, 0.25) is 0 Å². The first-order valence-electron chi connectivity index (χ1n) is 5.42. The molecule has 1 aromatic rings. The minimum Gasteiger partial charge on any atom is -0.476 e. The maximum absolute atomic E-state index is 11.2. The van der Waals surface area contributed by atoms with E-state index in [0.717, 1.165) is 0 Å². The van der Waals surface area contributed by atoms with Gasteiger partial charge in [0.25, 0.3) is 0 Å². The molecule has 104 valence electrons. The number of hydrogen-bond donors (Lipinski definition) is 4. The molecule has 0 fully saturated rings. The zero-order chi connectivity index (χ0) is 14.3. The predicted molar refractivity (Wildman–Crippen MR) is 62.2 cm³/mol. The molecule has 0 atom stereocenters. The van der Waals surface area contributed by atoms with Crippen molar-refractivity contribution in [2.75, 3.05) is 13.1 Å². The maximum Gasteiger partial charge on any atom is 0.358 e. The van der Waals surface area contributed by atoms with Crippen LogP contribution in [0.15, 0.2) is 6.20 Å². The molecule has 1 heterocycles. The summed E-state index contributed by atoms with van der Waals surface area (Å²) in [5.41, 5.74) is 4.74. The van der Waals surface area contributed by atoms with Crippen LogP contribution >= 0.6 is 0 Å². The number of urea groups is 1. The molecular formula is C9H14N6O4. The summed E-state index contributed by atoms with van der Waals surface area (Å²) < 4.78 is 1.30. The van der Waals surface area contributed by atoms with Crippen LogP contribution in [0.25, 0.3) is 0 Å². The van der Waals surface area contributed by atoms with Crippen molar-refractivity contribution < 1.29 is 19.5 Å². The number of carboxylic acid groups (broad SMARTS) is 1. The minimum atomic E-state index is -1.16. The quantitative estimate of drug-likeness (QED) is 0.456. The highest BCUT2D eigenvalue weighted by molar-refractivity contribution is 5.84. The smallest absolute Gasteiger partial charge is 0.358 e. The van der Waals surface area contributed by atoms with E-state index in [2.05, 4.69) is 20.9 Å². The van der Waals surface area contributed by atoms with Gasteiger partial charge < -0.3 is 21.5 Å². The van der Waals surface area contributed by atoms with Crippen molar-refractivity contribution in [1.82, 2.24) is 25.6 Å². The lowest BCUT2D eigenvalue weighted by Gasteiger charge is -2.06. The van der Waals surface area contributed by atoms with E-state index in [-0.39, 0.29) is 31.7 Å². The average molecular weight is 270 g/mol. The Morgan fingerprint density at radius 3 is 2.58 bits per heavy atom. The summed E-state index contributed by atoms with van der Waals surface area (Å²) in [5, 5.41) is 20.5. The summed E-state index contributed by atoms with van der Waals surface area (Å²) in [6.07, 6.45) is 1.33. The Balaban J connectivity index is 2.20. The summed E-state index contributed by atoms with van der Waals surface area (Å²) in [6.45, 7) is 0.683. The second-order valence-corrected chi connectivity index (χ2v) is 3.57. The Hall–Kier alpha value is -2.65. The predicted octanol–water partition coefficient (Wildman–Crippen LogP) is -1.85. The molecule has 0 aromatic carbocycles. The normalized spacial score (nSPS) is 9.89. The lowest BCUT2D eigenvalue weighted by atomic mass is 10.4. The van der Waals surface area contributed by atoms with Crippen LogP contribution < -0.4 is 16.4 Å². The molecule has 10 nitrogen and oxygen atoms in total. The van der Waals surface area contributed by atoms with Crippen molar-refractivity contribution in [2.24, 2.45) is 5.73 Å². The van der Waals surface area contributed by atoms with Gasteiger partial charge in [-0.25, -0.2) is 14.3 Å². The van der Waals surface area contributed by atoms with Crippen molar-refractivity contribution in [2.45, 2.75) is 13.0 Å². The van der Waals surface area contributed by atoms with E-state index in [4.69, 9.17) is 10.8 Å². The van der Waals surface area contributed by atoms with Crippen LogP contribution in [0.4, 0.5) is 4.79 Å². The molecule has 0 unspecified atom stereocenters. The van der Waals surface area contributed by atoms with Gasteiger partial charge in [-0.3, -0.25) is 4.79 Å². The molecule has 0 aliphatic carbocycles. The van der Waals surface area contributed by atoms with E-state index in [1.54, 1.807) is 0 Å². The zero-order valence-electron chi connectivity index (χ0n) is 10.00. The van der Waals surface area contributed by atoms with Gasteiger partial charge in [-0.15, -0.1) is 5.10 Å². The number of hydrogen-bond acceptors (Lipinski definition) is 5. The summed E-state index contributed by atoms with van der Waals surface area (Å²) in [6, 6.07) is -0.445. The molecule has 0 radical (unpaired) electrons. The number of nitrogens with one attached hydrogen (secondary N) is 2. The molecule has 1 rings (SSSR count). The fraction of sp³-hybridized carbons (Fsp3) is 0.444. The molecular weight excluding hydrogens is 256 g/mol. The molecule has 0 saturated carbocycles. The van der Waals surface area contributed by atoms with E-state index in [1.807, 2.05) is 0 Å². The lowest BCUT2D eigenvalue weighted by molar-refractivity contribution is -0.117. The number of rotatable bonds is 7. The first kappa shape index (κ1) is 14.4. The van der Waals surface area contributed by atoms with Gasteiger partial charge in [0.1, 0.15) is 0 Å². The zero-order valence-corrected chi connectivity index (χ0v) is 10.00. The summed E-state index contributed by atoms with van der Waals surface area (Å²) in [5.74, 6) is -1.66. The molecule has 0 aliphatic heterocycles. The number of nitrogens with two attached hydrogens (primary N) is 1. The number of aromatic carboxylic acids is 1. The highest BCUT2D eigenvalue weighted by Gasteiger charge is 2.08. The third-order valence-corrected chi connectivity index (χ3v) is 2.04. The SMILES string of the molecule is NC(=O)CCNC(=O)NCCn1cc(C(=O)O)nn1. The Bertz CT molecular complexity index is 471. The fourth-order valence-electron chi connectivity index (χ4n) is 1.15. The highest BCUT2D eigenvalue weighted by atomic mass is 16.4. The Morgan fingerprint density at radius 2 is 2.00 bits per heavy atom. The molecule has 0 spiro atoms. The van der Waals surface area contributed by atoms with Gasteiger partial charge in [0.2, 0.25) is 5.91 Å². The molecule has 19 heavy (non-hydrogen) atoms. The second-order valence-electron chi connectivity index (χ2n) is 3.57. The second kappa shape index (κ2) is 6.93. The lowest BCUT2D eigenvalue weighted by Crippen LogP contribution is -2.38. The number of carboxylic acids is 1. The number of aromatic nitrogens is 3. The number of carbonyl (C=O) groups excluding carboxylic acids is 2. The van der Waals surface area contributed by atoms with Crippen molar-refractivity contribution in [3.05, 3.63) is 11.9 Å². The van der Waals surface area contributed by atoms with Crippen LogP contribution in [0.3, 0.4) is 0 Å². The number of nitrogens with zero attached hydrogens (tertiary/aromatic N) is 3. The first-order valence-corrected chi connectivity index (χ1v) is 5.42. The molecule has 0 aliphatic rings. The monoisotopic (exact) mass is 270 g/mol. The Labute approximate surface area is 107 Å². The van der Waals surface area contributed by atoms with Gasteiger partial charge in [0, 0.05) is 19.5 Å². The van der Waals surface area contributed by atoms with Crippen molar-refractivity contribution in [3.8, 4) is 0 Å². The van der Waals surface area contributed by atoms with E-state index < -0.39 is 17.9 Å². The van der Waals surface area contributed by atoms with E-state index in [0.29, 0.717) is 0 Å². The maximum atomic E-state index is 11.2. The Kier molecular flexibility index (Phi) is 5.26. The topological polar surface area (TPSA) is 152 Å². The van der Waals surface area contributed by atoms with Crippen molar-refractivity contribution in [1.29, 1.82) is 0 Å². The van der Waals surface area contributed by atoms with E-state index >= 15 is 0 Å². The van der Waals surface area contributed by atoms with Gasteiger partial charge in [-0.1, -0.05) is 5.21 Å². The highest BCUT2D eigenvalue weighted by Crippen LogP contribution is 1.91. The van der Waals surface area contributed by atoms with Crippen LogP contribution in [0.1, 0.15) is 16.9 Å². The Morgan fingerprint density at radius 1 is 1.32 bits per heavy atom. The van der Waals surface area contributed by atoms with Crippen LogP contribution in [0.5, 0.6) is 0 Å². The molecule has 5 N–H and O–H groups in total. The molecule has 3 amide bonds.